The second-order valence-electron chi connectivity index (χ2n) is 20.1. The predicted octanol–water partition coefficient (Wildman–Crippen LogP) is -5.28. The van der Waals surface area contributed by atoms with Gasteiger partial charge in [0, 0.05) is 25.8 Å². The minimum atomic E-state index is -1.93. The summed E-state index contributed by atoms with van der Waals surface area (Å²) in [6.07, 6.45) is -3.02. The molecule has 0 saturated heterocycles. The van der Waals surface area contributed by atoms with E-state index in [-0.39, 0.29) is 51.2 Å². The van der Waals surface area contributed by atoms with Gasteiger partial charge in [-0.25, -0.2) is 4.79 Å². The Hall–Kier alpha value is -8.52. The highest BCUT2D eigenvalue weighted by atomic mass is 16.4. The summed E-state index contributed by atoms with van der Waals surface area (Å²) in [7, 11) is 0. The second kappa shape index (κ2) is 37.5. The smallest absolute Gasteiger partial charge is 0.326 e. The summed E-state index contributed by atoms with van der Waals surface area (Å²) in [5.41, 5.74) is 22.4. The molecule has 0 spiro atoms. The molecular formula is C51H82N14O18. The van der Waals surface area contributed by atoms with Gasteiger partial charge < -0.3 is 96.3 Å². The number of carboxylic acid groups (broad SMARTS) is 4. The number of hydrogen-bond donors (Lipinski definition) is 18. The van der Waals surface area contributed by atoms with Crippen LogP contribution < -0.4 is 70.8 Å². The van der Waals surface area contributed by atoms with Crippen molar-refractivity contribution in [2.24, 2.45) is 39.8 Å². The lowest BCUT2D eigenvalue weighted by Gasteiger charge is -2.29. The number of carbonyl (C=O) groups is 13. The van der Waals surface area contributed by atoms with E-state index in [2.05, 4.69) is 52.8 Å². The lowest BCUT2D eigenvalue weighted by molar-refractivity contribution is -0.143. The SMILES string of the molecule is CC(NC(=O)C(CC(=O)O)NC(=O)C(NC(=O)C(CCCCN)NC(=O)C(NC(=O)C(CCC(=O)O)NC(=O)C(N)CO)C(C)C)C(C)C)C(=O)NC(CCC(=O)O)C(=O)NC(Cc1ccccc1)C(=O)NC(CCCN=C(N)N)C(=O)O. The molecule has 1 rings (SSSR count). The molecule has 464 valence electrons. The standard InChI is InChI=1S/C51H82N14O18/c1-25(2)39(65-45(77)32(17-19-37(69)70)59-42(74)29(53)24-66)48(80)60-30(14-9-10-20-52)44(76)64-40(26(3)4)49(81)63-35(23-38(71)72)46(78)57-27(5)41(73)58-31(16-18-36(67)68)43(75)62-34(22-28-12-7-6-8-13-28)47(79)61-33(50(82)83)15-11-21-56-51(54)55/h6-8,12-13,25-27,29-35,39-40,66H,9-11,14-24,52-53H2,1-5H3,(H,57,78)(H,58,73)(H,59,74)(H,60,80)(H,61,79)(H,62,75)(H,63,81)(H,64,76)(H,65,77)(H,67,68)(H,69,70)(H,71,72)(H,82,83)(H4,54,55,56). The molecule has 22 N–H and O–H groups in total. The molecule has 1 aromatic rings. The molecule has 83 heavy (non-hydrogen) atoms. The number of unbranched alkanes of at least 4 members (excludes halogenated alkanes) is 1. The number of aliphatic imine (C=N–C) groups is 1. The molecule has 0 aliphatic carbocycles. The number of benzene rings is 1. The number of aliphatic hydroxyl groups excluding tert-OH is 1. The van der Waals surface area contributed by atoms with Gasteiger partial charge in [0.15, 0.2) is 5.96 Å². The van der Waals surface area contributed by atoms with Crippen molar-refractivity contribution in [3.8, 4) is 0 Å². The third kappa shape index (κ3) is 28.2. The van der Waals surface area contributed by atoms with Crippen LogP contribution in [0.15, 0.2) is 35.3 Å². The van der Waals surface area contributed by atoms with Crippen molar-refractivity contribution in [1.82, 2.24) is 47.9 Å². The van der Waals surface area contributed by atoms with Gasteiger partial charge in [-0.3, -0.25) is 62.5 Å². The highest BCUT2D eigenvalue weighted by Gasteiger charge is 2.37. The van der Waals surface area contributed by atoms with Crippen molar-refractivity contribution in [3.05, 3.63) is 35.9 Å². The molecule has 32 heteroatoms. The van der Waals surface area contributed by atoms with Crippen LogP contribution in [0.3, 0.4) is 0 Å². The van der Waals surface area contributed by atoms with Gasteiger partial charge in [-0.15, -0.1) is 0 Å². The number of aliphatic hydroxyl groups is 1. The monoisotopic (exact) mass is 1180 g/mol. The van der Waals surface area contributed by atoms with Gasteiger partial charge in [0.2, 0.25) is 53.2 Å². The minimum absolute atomic E-state index is 0.0395. The number of guanidine groups is 1. The van der Waals surface area contributed by atoms with Crippen molar-refractivity contribution in [1.29, 1.82) is 0 Å². The molecular weight excluding hydrogens is 1100 g/mol. The minimum Gasteiger partial charge on any atom is -0.481 e. The van der Waals surface area contributed by atoms with Gasteiger partial charge in [-0.1, -0.05) is 58.0 Å². The molecule has 0 bridgehead atoms. The third-order valence-corrected chi connectivity index (χ3v) is 12.4. The molecule has 32 nitrogen and oxygen atoms in total. The fourth-order valence-electron chi connectivity index (χ4n) is 7.72. The highest BCUT2D eigenvalue weighted by molar-refractivity contribution is 5.99. The number of rotatable bonds is 40. The summed E-state index contributed by atoms with van der Waals surface area (Å²) >= 11 is 0. The molecule has 9 amide bonds. The normalized spacial score (nSPS) is 14.6. The third-order valence-electron chi connectivity index (χ3n) is 12.4. The maximum Gasteiger partial charge on any atom is 0.326 e. The second-order valence-corrected chi connectivity index (χ2v) is 20.1. The molecule has 1 aromatic carbocycles. The average Bonchev–Trinajstić information content (AvgIpc) is 3.43. The first kappa shape index (κ1) is 72.5. The summed E-state index contributed by atoms with van der Waals surface area (Å²) in [6, 6.07) is -7.40. The Morgan fingerprint density at radius 3 is 1.36 bits per heavy atom. The molecule has 10 unspecified atom stereocenters. The van der Waals surface area contributed by atoms with Crippen molar-refractivity contribution >= 4 is 83.0 Å². The van der Waals surface area contributed by atoms with E-state index in [1.165, 1.54) is 27.7 Å². The molecule has 0 aliphatic rings. The van der Waals surface area contributed by atoms with E-state index in [4.69, 9.17) is 22.9 Å². The van der Waals surface area contributed by atoms with E-state index in [0.29, 0.717) is 12.0 Å². The zero-order valence-electron chi connectivity index (χ0n) is 47.0. The first-order valence-electron chi connectivity index (χ1n) is 26.7. The summed E-state index contributed by atoms with van der Waals surface area (Å²) in [5.74, 6) is -16.8. The zero-order chi connectivity index (χ0) is 63.1. The van der Waals surface area contributed by atoms with E-state index < -0.39 is 188 Å². The lowest BCUT2D eigenvalue weighted by Crippen LogP contribution is -2.61. The van der Waals surface area contributed by atoms with E-state index in [0.717, 1.165) is 6.92 Å². The fraction of sp³-hybridized carbons (Fsp3) is 0.608. The van der Waals surface area contributed by atoms with Crippen molar-refractivity contribution < 1.29 is 87.9 Å². The molecule has 10 atom stereocenters. The summed E-state index contributed by atoms with van der Waals surface area (Å²) in [5, 5.41) is 69.1. The zero-order valence-corrected chi connectivity index (χ0v) is 47.0. The molecule has 0 aromatic heterocycles. The van der Waals surface area contributed by atoms with Crippen molar-refractivity contribution in [2.45, 2.75) is 166 Å². The molecule has 0 heterocycles. The van der Waals surface area contributed by atoms with Crippen LogP contribution in [0.5, 0.6) is 0 Å². The molecule has 0 saturated carbocycles. The Morgan fingerprint density at radius 1 is 0.482 bits per heavy atom. The summed E-state index contributed by atoms with van der Waals surface area (Å²) in [4.78, 5) is 174. The molecule has 0 aliphatic heterocycles. The van der Waals surface area contributed by atoms with Crippen LogP contribution in [0.2, 0.25) is 0 Å². The summed E-state index contributed by atoms with van der Waals surface area (Å²) < 4.78 is 0. The number of nitrogens with one attached hydrogen (secondary N) is 9. The van der Waals surface area contributed by atoms with Crippen LogP contribution in [0.1, 0.15) is 104 Å². The predicted molar refractivity (Wildman–Crippen MR) is 294 cm³/mol. The Morgan fingerprint density at radius 2 is 0.904 bits per heavy atom. The maximum absolute atomic E-state index is 14.0. The number of carboxylic acids is 4. The first-order valence-corrected chi connectivity index (χ1v) is 26.7. The van der Waals surface area contributed by atoms with Crippen molar-refractivity contribution in [3.63, 3.8) is 0 Å². The number of aliphatic carboxylic acids is 4. The van der Waals surface area contributed by atoms with Crippen molar-refractivity contribution in [2.75, 3.05) is 19.7 Å². The summed E-state index contributed by atoms with van der Waals surface area (Å²) in [6.45, 7) is 6.58. The molecule has 0 fully saturated rings. The maximum atomic E-state index is 14.0. The number of amides is 9. The van der Waals surface area contributed by atoms with Crippen LogP contribution >= 0.6 is 0 Å². The molecule has 0 radical (unpaired) electrons. The first-order chi connectivity index (χ1) is 38.9. The van der Waals surface area contributed by atoms with Crippen LogP contribution in [-0.2, 0) is 68.7 Å². The van der Waals surface area contributed by atoms with Gasteiger partial charge in [-0.2, -0.15) is 0 Å². The van der Waals surface area contributed by atoms with Crippen LogP contribution in [0.4, 0.5) is 0 Å². The highest BCUT2D eigenvalue weighted by Crippen LogP contribution is 2.12. The topological polar surface area (TPSA) is 548 Å². The average molecular weight is 1180 g/mol. The van der Waals surface area contributed by atoms with Crippen LogP contribution in [0.25, 0.3) is 0 Å². The number of hydrogen-bond acceptors (Lipinski definition) is 17. The quantitative estimate of drug-likeness (QED) is 0.0166. The fourth-order valence-corrected chi connectivity index (χ4v) is 7.72. The Bertz CT molecular complexity index is 2430. The number of carbonyl (C=O) groups excluding carboxylic acids is 9. The van der Waals surface area contributed by atoms with Gasteiger partial charge in [0.05, 0.1) is 13.0 Å². The largest absolute Gasteiger partial charge is 0.481 e. The lowest BCUT2D eigenvalue weighted by atomic mass is 9.99. The van der Waals surface area contributed by atoms with E-state index in [9.17, 15) is 87.9 Å². The van der Waals surface area contributed by atoms with E-state index in [1.807, 2.05) is 0 Å². The van der Waals surface area contributed by atoms with Gasteiger partial charge >= 0.3 is 23.9 Å². The Kier molecular flexibility index (Phi) is 32.7. The van der Waals surface area contributed by atoms with Crippen LogP contribution in [0, 0.1) is 11.8 Å². The van der Waals surface area contributed by atoms with E-state index in [1.54, 1.807) is 30.3 Å². The number of nitrogens with zero attached hydrogens (tertiary/aromatic N) is 1. The Balaban J connectivity index is 3.41. The van der Waals surface area contributed by atoms with Gasteiger partial charge in [0.1, 0.15) is 60.4 Å². The number of nitrogens with two attached hydrogens (primary N) is 4. The Labute approximate surface area is 478 Å². The van der Waals surface area contributed by atoms with Gasteiger partial charge in [-0.05, 0) is 75.8 Å². The van der Waals surface area contributed by atoms with E-state index >= 15 is 0 Å². The van der Waals surface area contributed by atoms with Gasteiger partial charge in [0.25, 0.3) is 0 Å². The van der Waals surface area contributed by atoms with Crippen LogP contribution in [-0.4, -0.2) is 189 Å².